The fraction of sp³-hybridized carbons (Fsp3) is 0.364. The Morgan fingerprint density at radius 3 is 2.82 bits per heavy atom. The first-order valence-electron chi connectivity index (χ1n) is 5.01. The van der Waals surface area contributed by atoms with Crippen molar-refractivity contribution in [3.8, 4) is 5.75 Å². The summed E-state index contributed by atoms with van der Waals surface area (Å²) < 4.78 is 6.64. The fourth-order valence-electron chi connectivity index (χ4n) is 1.17. The van der Waals surface area contributed by atoms with Gasteiger partial charge in [0.1, 0.15) is 5.75 Å². The molecule has 1 aromatic rings. The molecule has 0 unspecified atom stereocenters. The van der Waals surface area contributed by atoms with E-state index in [-0.39, 0.29) is 17.6 Å². The summed E-state index contributed by atoms with van der Waals surface area (Å²) in [5.74, 6) is 1.53. The van der Waals surface area contributed by atoms with Gasteiger partial charge in [0.05, 0.1) is 6.61 Å². The first-order chi connectivity index (χ1) is 7.63. The van der Waals surface area contributed by atoms with Crippen molar-refractivity contribution < 1.29 is 4.74 Å². The molecule has 0 aliphatic rings. The molecule has 0 amide bonds. The molecule has 96 valence electrons. The van der Waals surface area contributed by atoms with Gasteiger partial charge >= 0.3 is 0 Å². The van der Waals surface area contributed by atoms with Gasteiger partial charge in [0.25, 0.3) is 0 Å². The van der Waals surface area contributed by atoms with Crippen molar-refractivity contribution in [2.24, 2.45) is 5.73 Å². The van der Waals surface area contributed by atoms with Crippen LogP contribution in [-0.2, 0) is 5.75 Å². The maximum atomic E-state index is 7.19. The minimum atomic E-state index is 0. The molecule has 3 N–H and O–H groups in total. The van der Waals surface area contributed by atoms with Gasteiger partial charge in [0, 0.05) is 15.8 Å². The molecule has 3 nitrogen and oxygen atoms in total. The van der Waals surface area contributed by atoms with Crippen molar-refractivity contribution in [2.45, 2.75) is 19.1 Å². The number of benzene rings is 1. The molecule has 0 heterocycles. The average molecular weight is 340 g/mol. The summed E-state index contributed by atoms with van der Waals surface area (Å²) in [7, 11) is 0. The Hall–Kier alpha value is -0.390. The van der Waals surface area contributed by atoms with Crippen molar-refractivity contribution >= 4 is 45.3 Å². The smallest absolute Gasteiger partial charge is 0.151 e. The number of rotatable bonds is 5. The van der Waals surface area contributed by atoms with Crippen LogP contribution >= 0.6 is 40.1 Å². The number of hydrogen-bond donors (Lipinski definition) is 2. The molecule has 1 aromatic carbocycles. The van der Waals surface area contributed by atoms with Gasteiger partial charge in [-0.15, -0.1) is 12.4 Å². The minimum absolute atomic E-state index is 0. The fourth-order valence-corrected chi connectivity index (χ4v) is 2.11. The number of nitrogens with one attached hydrogen (secondary N) is 1. The zero-order chi connectivity index (χ0) is 12.0. The van der Waals surface area contributed by atoms with Crippen LogP contribution in [0.2, 0.25) is 0 Å². The van der Waals surface area contributed by atoms with Gasteiger partial charge < -0.3 is 10.5 Å². The quantitative estimate of drug-likeness (QED) is 0.634. The van der Waals surface area contributed by atoms with Crippen molar-refractivity contribution in [2.75, 3.05) is 6.61 Å². The largest absolute Gasteiger partial charge is 0.493 e. The third kappa shape index (κ3) is 6.19. The SMILES string of the molecule is CCCOc1ccc(Br)cc1CSC(=N)N.Cl. The predicted octanol–water partition coefficient (Wildman–Crippen LogP) is 3.79. The van der Waals surface area contributed by atoms with E-state index < -0.39 is 0 Å². The normalized spacial score (nSPS) is 9.53. The van der Waals surface area contributed by atoms with Crippen LogP contribution in [-0.4, -0.2) is 11.8 Å². The van der Waals surface area contributed by atoms with Crippen LogP contribution in [0, 0.1) is 5.41 Å². The van der Waals surface area contributed by atoms with E-state index in [1.807, 2.05) is 18.2 Å². The lowest BCUT2D eigenvalue weighted by Crippen LogP contribution is -2.05. The topological polar surface area (TPSA) is 59.1 Å². The zero-order valence-electron chi connectivity index (χ0n) is 9.53. The van der Waals surface area contributed by atoms with Gasteiger partial charge in [-0.05, 0) is 24.6 Å². The van der Waals surface area contributed by atoms with E-state index in [1.165, 1.54) is 11.8 Å². The minimum Gasteiger partial charge on any atom is -0.493 e. The molecule has 0 spiro atoms. The molecule has 1 rings (SSSR count). The number of thioether (sulfide) groups is 1. The molecule has 0 radical (unpaired) electrons. The van der Waals surface area contributed by atoms with Crippen molar-refractivity contribution in [3.63, 3.8) is 0 Å². The molecular formula is C11H16BrClN2OS. The lowest BCUT2D eigenvalue weighted by atomic mass is 10.2. The molecule has 0 bridgehead atoms. The number of amidine groups is 1. The molecule has 6 heteroatoms. The molecule has 0 aliphatic heterocycles. The van der Waals surface area contributed by atoms with Gasteiger partial charge in [-0.1, -0.05) is 34.6 Å². The average Bonchev–Trinajstić information content (AvgIpc) is 2.25. The number of hydrogen-bond acceptors (Lipinski definition) is 3. The Morgan fingerprint density at radius 2 is 2.24 bits per heavy atom. The number of nitrogens with two attached hydrogens (primary N) is 1. The second kappa shape index (κ2) is 8.66. The predicted molar refractivity (Wildman–Crippen MR) is 80.4 cm³/mol. The second-order valence-electron chi connectivity index (χ2n) is 3.25. The van der Waals surface area contributed by atoms with Crippen LogP contribution in [0.4, 0.5) is 0 Å². The zero-order valence-corrected chi connectivity index (χ0v) is 12.8. The van der Waals surface area contributed by atoms with Crippen LogP contribution < -0.4 is 10.5 Å². The molecule has 17 heavy (non-hydrogen) atoms. The van der Waals surface area contributed by atoms with Crippen molar-refractivity contribution in [3.05, 3.63) is 28.2 Å². The highest BCUT2D eigenvalue weighted by atomic mass is 79.9. The highest BCUT2D eigenvalue weighted by Gasteiger charge is 2.05. The van der Waals surface area contributed by atoms with Crippen LogP contribution in [0.25, 0.3) is 0 Å². The Balaban J connectivity index is 0.00000256. The molecule has 0 saturated heterocycles. The Kier molecular flexibility index (Phi) is 8.47. The summed E-state index contributed by atoms with van der Waals surface area (Å²) in [4.78, 5) is 0. The van der Waals surface area contributed by atoms with Crippen LogP contribution in [0.3, 0.4) is 0 Å². The summed E-state index contributed by atoms with van der Waals surface area (Å²) in [5, 5.41) is 7.32. The Morgan fingerprint density at radius 1 is 1.53 bits per heavy atom. The highest BCUT2D eigenvalue weighted by Crippen LogP contribution is 2.27. The third-order valence-corrected chi connectivity index (χ3v) is 3.13. The molecular weight excluding hydrogens is 324 g/mol. The lowest BCUT2D eigenvalue weighted by Gasteiger charge is -2.10. The van der Waals surface area contributed by atoms with E-state index in [1.54, 1.807) is 0 Å². The van der Waals surface area contributed by atoms with E-state index in [2.05, 4.69) is 22.9 Å². The van der Waals surface area contributed by atoms with Crippen molar-refractivity contribution in [1.29, 1.82) is 5.41 Å². The summed E-state index contributed by atoms with van der Waals surface area (Å²) in [6.07, 6.45) is 0.982. The highest BCUT2D eigenvalue weighted by molar-refractivity contribution is 9.10. The van der Waals surface area contributed by atoms with E-state index in [0.717, 1.165) is 22.2 Å². The molecule has 0 atom stereocenters. The maximum Gasteiger partial charge on any atom is 0.151 e. The van der Waals surface area contributed by atoms with Crippen LogP contribution in [0.1, 0.15) is 18.9 Å². The number of halogens is 2. The van der Waals surface area contributed by atoms with Gasteiger partial charge in [0.2, 0.25) is 0 Å². The van der Waals surface area contributed by atoms with Gasteiger partial charge in [-0.2, -0.15) is 0 Å². The van der Waals surface area contributed by atoms with Gasteiger partial charge in [0.15, 0.2) is 5.17 Å². The summed E-state index contributed by atoms with van der Waals surface area (Å²) >= 11 is 4.72. The lowest BCUT2D eigenvalue weighted by molar-refractivity contribution is 0.315. The van der Waals surface area contributed by atoms with Gasteiger partial charge in [-0.25, -0.2) is 0 Å². The Labute approximate surface area is 121 Å². The van der Waals surface area contributed by atoms with E-state index in [0.29, 0.717) is 12.4 Å². The van der Waals surface area contributed by atoms with Gasteiger partial charge in [-0.3, -0.25) is 5.41 Å². The number of ether oxygens (including phenoxy) is 1. The summed E-state index contributed by atoms with van der Waals surface area (Å²) in [6, 6.07) is 5.89. The first kappa shape index (κ1) is 16.6. The summed E-state index contributed by atoms with van der Waals surface area (Å²) in [6.45, 7) is 2.78. The molecule has 0 fully saturated rings. The van der Waals surface area contributed by atoms with Crippen molar-refractivity contribution in [1.82, 2.24) is 0 Å². The standard InChI is InChI=1S/C11H15BrN2OS.ClH/c1-2-5-15-10-4-3-9(12)6-8(10)7-16-11(13)14;/h3-4,6H,2,5,7H2,1H3,(H3,13,14);1H. The maximum absolute atomic E-state index is 7.19. The Bertz CT molecular complexity index is 376. The third-order valence-electron chi connectivity index (χ3n) is 1.87. The van der Waals surface area contributed by atoms with E-state index in [9.17, 15) is 0 Å². The second-order valence-corrected chi connectivity index (χ2v) is 5.19. The van der Waals surface area contributed by atoms with Crippen LogP contribution in [0.15, 0.2) is 22.7 Å². The molecule has 0 aliphatic carbocycles. The monoisotopic (exact) mass is 338 g/mol. The molecule has 0 aromatic heterocycles. The first-order valence-corrected chi connectivity index (χ1v) is 6.79. The summed E-state index contributed by atoms with van der Waals surface area (Å²) in [5.41, 5.74) is 6.38. The van der Waals surface area contributed by atoms with Crippen LogP contribution in [0.5, 0.6) is 5.75 Å². The molecule has 0 saturated carbocycles. The van der Waals surface area contributed by atoms with E-state index in [4.69, 9.17) is 15.9 Å². The van der Waals surface area contributed by atoms with E-state index >= 15 is 0 Å².